The van der Waals surface area contributed by atoms with Crippen LogP contribution in [0.2, 0.25) is 0 Å². The predicted octanol–water partition coefficient (Wildman–Crippen LogP) is 4.03. The summed E-state index contributed by atoms with van der Waals surface area (Å²) in [5.41, 5.74) is 2.17. The number of halogens is 1. The van der Waals surface area contributed by atoms with Crippen LogP contribution in [0.1, 0.15) is 12.5 Å². The number of hydrogen-bond donors (Lipinski definition) is 1. The second-order valence-electron chi connectivity index (χ2n) is 4.59. The molecular formula is C14H13BrN2O2. The van der Waals surface area contributed by atoms with Gasteiger partial charge < -0.3 is 4.42 Å². The number of carbonyl (C=O) groups is 1. The maximum Gasteiger partial charge on any atom is 0.328 e. The Morgan fingerprint density at radius 1 is 1.37 bits per heavy atom. The van der Waals surface area contributed by atoms with Crippen molar-refractivity contribution in [1.29, 1.82) is 0 Å². The number of nitrogens with zero attached hydrogens (tertiary/aromatic N) is 1. The first-order chi connectivity index (χ1) is 9.15. The number of amides is 2. The van der Waals surface area contributed by atoms with Gasteiger partial charge in [0.1, 0.15) is 0 Å². The number of fused-ring (bicyclic) bond motifs is 1. The van der Waals surface area contributed by atoms with Crippen molar-refractivity contribution in [3.05, 3.63) is 46.6 Å². The van der Waals surface area contributed by atoms with Crippen LogP contribution in [-0.2, 0) is 6.42 Å². The number of benzene rings is 1. The Kier molecular flexibility index (Phi) is 3.06. The zero-order valence-corrected chi connectivity index (χ0v) is 12.0. The lowest BCUT2D eigenvalue weighted by atomic mass is 10.1. The third-order valence-electron chi connectivity index (χ3n) is 3.23. The van der Waals surface area contributed by atoms with Gasteiger partial charge in [0.15, 0.2) is 4.67 Å². The zero-order valence-electron chi connectivity index (χ0n) is 10.4. The summed E-state index contributed by atoms with van der Waals surface area (Å²) in [7, 11) is 0. The Balaban J connectivity index is 1.84. The van der Waals surface area contributed by atoms with E-state index in [-0.39, 0.29) is 12.1 Å². The Labute approximate surface area is 119 Å². The second kappa shape index (κ2) is 4.74. The molecule has 19 heavy (non-hydrogen) atoms. The van der Waals surface area contributed by atoms with Gasteiger partial charge in [-0.3, -0.25) is 10.2 Å². The van der Waals surface area contributed by atoms with Crippen molar-refractivity contribution in [2.45, 2.75) is 19.4 Å². The average molecular weight is 321 g/mol. The lowest BCUT2D eigenvalue weighted by molar-refractivity contribution is 0.255. The summed E-state index contributed by atoms with van der Waals surface area (Å²) in [5.74, 6) is 0.438. The van der Waals surface area contributed by atoms with Crippen molar-refractivity contribution < 1.29 is 9.21 Å². The van der Waals surface area contributed by atoms with Gasteiger partial charge in [-0.05, 0) is 47.0 Å². The summed E-state index contributed by atoms with van der Waals surface area (Å²) in [5, 5.41) is 2.77. The number of carbonyl (C=O) groups excluding carboxylic acids is 1. The topological polar surface area (TPSA) is 45.5 Å². The first-order valence-corrected chi connectivity index (χ1v) is 6.88. The molecule has 2 amide bonds. The first kappa shape index (κ1) is 12.3. The molecule has 1 unspecified atom stereocenters. The monoisotopic (exact) mass is 320 g/mol. The largest absolute Gasteiger partial charge is 0.434 e. The van der Waals surface area contributed by atoms with Gasteiger partial charge in [-0.1, -0.05) is 18.2 Å². The third-order valence-corrected chi connectivity index (χ3v) is 3.66. The lowest BCUT2D eigenvalue weighted by Crippen LogP contribution is -2.38. The van der Waals surface area contributed by atoms with Crippen molar-refractivity contribution in [2.24, 2.45) is 0 Å². The molecule has 5 heteroatoms. The van der Waals surface area contributed by atoms with Crippen molar-refractivity contribution >= 4 is 33.5 Å². The highest BCUT2D eigenvalue weighted by molar-refractivity contribution is 9.10. The number of furan rings is 1. The summed E-state index contributed by atoms with van der Waals surface area (Å²) >= 11 is 3.21. The van der Waals surface area contributed by atoms with Crippen molar-refractivity contribution in [2.75, 3.05) is 10.2 Å². The van der Waals surface area contributed by atoms with Crippen LogP contribution < -0.4 is 10.2 Å². The molecule has 1 aromatic carbocycles. The molecule has 1 aliphatic rings. The zero-order chi connectivity index (χ0) is 13.4. The molecule has 0 radical (unpaired) electrons. The first-order valence-electron chi connectivity index (χ1n) is 6.08. The number of anilines is 2. The molecule has 1 atom stereocenters. The van der Waals surface area contributed by atoms with E-state index in [2.05, 4.69) is 27.3 Å². The van der Waals surface area contributed by atoms with Crippen LogP contribution in [-0.4, -0.2) is 12.1 Å². The fourth-order valence-corrected chi connectivity index (χ4v) is 2.73. The van der Waals surface area contributed by atoms with E-state index in [1.165, 1.54) is 5.56 Å². The minimum atomic E-state index is -0.167. The summed E-state index contributed by atoms with van der Waals surface area (Å²) in [6, 6.07) is 11.4. The van der Waals surface area contributed by atoms with E-state index in [1.54, 1.807) is 17.0 Å². The Morgan fingerprint density at radius 3 is 2.89 bits per heavy atom. The molecule has 3 rings (SSSR count). The van der Waals surface area contributed by atoms with E-state index in [0.717, 1.165) is 12.1 Å². The molecule has 2 heterocycles. The molecule has 4 nitrogen and oxygen atoms in total. The Hall–Kier alpha value is -1.75. The molecule has 0 saturated heterocycles. The average Bonchev–Trinajstić information content (AvgIpc) is 2.91. The summed E-state index contributed by atoms with van der Waals surface area (Å²) in [4.78, 5) is 14.1. The highest BCUT2D eigenvalue weighted by Gasteiger charge is 2.30. The number of nitrogens with one attached hydrogen (secondary N) is 1. The van der Waals surface area contributed by atoms with Crippen molar-refractivity contribution in [3.63, 3.8) is 0 Å². The van der Waals surface area contributed by atoms with Gasteiger partial charge in [0, 0.05) is 17.8 Å². The molecule has 98 valence electrons. The molecule has 2 aromatic rings. The van der Waals surface area contributed by atoms with E-state index in [0.29, 0.717) is 10.6 Å². The van der Waals surface area contributed by atoms with Crippen LogP contribution in [0.5, 0.6) is 0 Å². The van der Waals surface area contributed by atoms with Gasteiger partial charge in [-0.25, -0.2) is 4.79 Å². The minimum absolute atomic E-state index is 0.149. The maximum absolute atomic E-state index is 12.3. The van der Waals surface area contributed by atoms with Crippen molar-refractivity contribution in [1.82, 2.24) is 0 Å². The normalized spacial score (nSPS) is 17.4. The highest BCUT2D eigenvalue weighted by Crippen LogP contribution is 2.32. The van der Waals surface area contributed by atoms with E-state index >= 15 is 0 Å². The van der Waals surface area contributed by atoms with Crippen LogP contribution in [0.15, 0.2) is 45.5 Å². The van der Waals surface area contributed by atoms with Gasteiger partial charge in [0.05, 0.1) is 0 Å². The quantitative estimate of drug-likeness (QED) is 0.862. The molecule has 0 bridgehead atoms. The van der Waals surface area contributed by atoms with Gasteiger partial charge in [0.25, 0.3) is 0 Å². The van der Waals surface area contributed by atoms with Crippen molar-refractivity contribution in [3.8, 4) is 0 Å². The third kappa shape index (κ3) is 2.26. The van der Waals surface area contributed by atoms with Gasteiger partial charge in [-0.2, -0.15) is 0 Å². The smallest absolute Gasteiger partial charge is 0.328 e. The molecule has 0 saturated carbocycles. The van der Waals surface area contributed by atoms with Crippen LogP contribution in [0, 0.1) is 0 Å². The maximum atomic E-state index is 12.3. The minimum Gasteiger partial charge on any atom is -0.434 e. The van der Waals surface area contributed by atoms with E-state index in [9.17, 15) is 4.79 Å². The molecule has 1 aromatic heterocycles. The fourth-order valence-electron chi connectivity index (χ4n) is 2.42. The fraction of sp³-hybridized carbons (Fsp3) is 0.214. The molecule has 0 aliphatic carbocycles. The predicted molar refractivity (Wildman–Crippen MR) is 77.5 cm³/mol. The Morgan fingerprint density at radius 2 is 2.16 bits per heavy atom. The summed E-state index contributed by atoms with van der Waals surface area (Å²) in [6.07, 6.45) is 0.880. The van der Waals surface area contributed by atoms with Gasteiger partial charge in [0.2, 0.25) is 5.88 Å². The summed E-state index contributed by atoms with van der Waals surface area (Å²) < 4.78 is 5.89. The molecule has 0 spiro atoms. The number of urea groups is 1. The molecular weight excluding hydrogens is 308 g/mol. The molecule has 1 aliphatic heterocycles. The Bertz CT molecular complexity index is 623. The van der Waals surface area contributed by atoms with E-state index in [4.69, 9.17) is 4.42 Å². The summed E-state index contributed by atoms with van der Waals surface area (Å²) in [6.45, 7) is 2.04. The van der Waals surface area contributed by atoms with Gasteiger partial charge in [-0.15, -0.1) is 0 Å². The number of para-hydroxylation sites is 1. The SMILES string of the molecule is CC1Cc2ccccc2N1C(=O)Nc1ccc(Br)o1. The number of hydrogen-bond acceptors (Lipinski definition) is 2. The number of rotatable bonds is 1. The van der Waals surface area contributed by atoms with E-state index in [1.807, 2.05) is 25.1 Å². The van der Waals surface area contributed by atoms with Crippen LogP contribution in [0.3, 0.4) is 0 Å². The van der Waals surface area contributed by atoms with Crippen LogP contribution >= 0.6 is 15.9 Å². The highest BCUT2D eigenvalue weighted by atomic mass is 79.9. The second-order valence-corrected chi connectivity index (χ2v) is 5.37. The van der Waals surface area contributed by atoms with Crippen LogP contribution in [0.4, 0.5) is 16.4 Å². The van der Waals surface area contributed by atoms with Crippen LogP contribution in [0.25, 0.3) is 0 Å². The molecule has 1 N–H and O–H groups in total. The standard InChI is InChI=1S/C14H13BrN2O2/c1-9-8-10-4-2-3-5-11(10)17(9)14(18)16-13-7-6-12(15)19-13/h2-7,9H,8H2,1H3,(H,16,18). The van der Waals surface area contributed by atoms with E-state index < -0.39 is 0 Å². The lowest BCUT2D eigenvalue weighted by Gasteiger charge is -2.22. The van der Waals surface area contributed by atoms with Gasteiger partial charge >= 0.3 is 6.03 Å². The molecule has 0 fully saturated rings.